The molecule has 0 unspecified atom stereocenters. The fraction of sp³-hybridized carbons (Fsp3) is 0.500. The van der Waals surface area contributed by atoms with E-state index in [4.69, 9.17) is 14.2 Å². The van der Waals surface area contributed by atoms with Crippen LogP contribution in [0, 0.1) is 0 Å². The van der Waals surface area contributed by atoms with Gasteiger partial charge in [0, 0.05) is 27.2 Å². The number of methoxy groups -OCH3 is 2. The van der Waals surface area contributed by atoms with Gasteiger partial charge in [0.1, 0.15) is 0 Å². The van der Waals surface area contributed by atoms with Crippen molar-refractivity contribution in [2.24, 2.45) is 0 Å². The molecule has 1 aliphatic rings. The minimum absolute atomic E-state index is 0.137. The van der Waals surface area contributed by atoms with Crippen molar-refractivity contribution in [1.29, 1.82) is 0 Å². The molecule has 0 spiro atoms. The van der Waals surface area contributed by atoms with E-state index in [9.17, 15) is 4.79 Å². The molecule has 1 aromatic carbocycles. The lowest BCUT2D eigenvalue weighted by Gasteiger charge is -2.27. The molecular formula is C20H28N6O4. The van der Waals surface area contributed by atoms with Crippen LogP contribution in [0.15, 0.2) is 18.2 Å². The molecule has 0 atom stereocenters. The molecular weight excluding hydrogens is 388 g/mol. The molecule has 1 fully saturated rings. The van der Waals surface area contributed by atoms with Gasteiger partial charge >= 0.3 is 0 Å². The van der Waals surface area contributed by atoms with Crippen molar-refractivity contribution in [3.8, 4) is 11.5 Å². The molecule has 3 rings (SSSR count). The van der Waals surface area contributed by atoms with Crippen LogP contribution in [-0.2, 0) is 22.5 Å². The van der Waals surface area contributed by atoms with E-state index in [1.165, 1.54) is 0 Å². The summed E-state index contributed by atoms with van der Waals surface area (Å²) < 4.78 is 15.9. The lowest BCUT2D eigenvalue weighted by Crippen LogP contribution is -2.38. The monoisotopic (exact) mass is 416 g/mol. The van der Waals surface area contributed by atoms with Crippen LogP contribution < -0.4 is 24.6 Å². The van der Waals surface area contributed by atoms with E-state index in [1.807, 2.05) is 25.1 Å². The minimum atomic E-state index is -0.137. The maximum absolute atomic E-state index is 12.5. The van der Waals surface area contributed by atoms with Gasteiger partial charge in [-0.25, -0.2) is 0 Å². The van der Waals surface area contributed by atoms with E-state index in [0.29, 0.717) is 42.4 Å². The molecule has 0 bridgehead atoms. The van der Waals surface area contributed by atoms with Crippen LogP contribution in [0.2, 0.25) is 0 Å². The van der Waals surface area contributed by atoms with Gasteiger partial charge in [-0.15, -0.1) is 0 Å². The highest BCUT2D eigenvalue weighted by atomic mass is 16.5. The number of benzene rings is 1. The minimum Gasteiger partial charge on any atom is -0.493 e. The third-order valence-electron chi connectivity index (χ3n) is 4.61. The number of carbonyl (C=O) groups is 1. The molecule has 162 valence electrons. The summed E-state index contributed by atoms with van der Waals surface area (Å²) in [7, 11) is 6.89. The van der Waals surface area contributed by atoms with E-state index in [1.54, 1.807) is 26.4 Å². The summed E-state index contributed by atoms with van der Waals surface area (Å²) in [4.78, 5) is 29.8. The second-order valence-corrected chi connectivity index (χ2v) is 6.99. The number of nitrogens with zero attached hydrogens (tertiary/aromatic N) is 5. The normalized spacial score (nSPS) is 13.7. The number of anilines is 2. The van der Waals surface area contributed by atoms with Crippen molar-refractivity contribution in [2.45, 2.75) is 13.0 Å². The van der Waals surface area contributed by atoms with Gasteiger partial charge in [0.2, 0.25) is 17.8 Å². The van der Waals surface area contributed by atoms with Crippen LogP contribution >= 0.6 is 0 Å². The summed E-state index contributed by atoms with van der Waals surface area (Å²) >= 11 is 0. The standard InChI is InChI=1S/C20H28N6O4/c1-25(2)19-22-17(23-20(24-19)26-7-9-30-10-8-26)13-21-18(27)12-14-5-6-15(28-3)16(11-14)29-4/h5-6,11H,7-10,12-13H2,1-4H3,(H,21,27). The lowest BCUT2D eigenvalue weighted by molar-refractivity contribution is -0.120. The first kappa shape index (κ1) is 21.6. The second kappa shape index (κ2) is 10.1. The fourth-order valence-electron chi connectivity index (χ4n) is 3.00. The first-order valence-corrected chi connectivity index (χ1v) is 9.72. The first-order valence-electron chi connectivity index (χ1n) is 9.72. The Morgan fingerprint density at radius 2 is 1.87 bits per heavy atom. The predicted octanol–water partition coefficient (Wildman–Crippen LogP) is 0.650. The number of hydrogen-bond acceptors (Lipinski definition) is 9. The summed E-state index contributed by atoms with van der Waals surface area (Å²) in [6.07, 6.45) is 0.211. The smallest absolute Gasteiger partial charge is 0.230 e. The van der Waals surface area contributed by atoms with Crippen LogP contribution in [0.5, 0.6) is 11.5 Å². The summed E-state index contributed by atoms with van der Waals surface area (Å²) in [6.45, 7) is 2.94. The molecule has 2 aromatic rings. The Kier molecular flexibility index (Phi) is 7.23. The Balaban J connectivity index is 1.67. The largest absolute Gasteiger partial charge is 0.493 e. The summed E-state index contributed by atoms with van der Waals surface area (Å²) in [6, 6.07) is 5.41. The number of hydrogen-bond donors (Lipinski definition) is 1. The molecule has 0 radical (unpaired) electrons. The zero-order valence-electron chi connectivity index (χ0n) is 17.8. The van der Waals surface area contributed by atoms with Crippen molar-refractivity contribution in [3.63, 3.8) is 0 Å². The number of ether oxygens (including phenoxy) is 3. The van der Waals surface area contributed by atoms with E-state index in [-0.39, 0.29) is 18.9 Å². The van der Waals surface area contributed by atoms with Crippen molar-refractivity contribution < 1.29 is 19.0 Å². The third-order valence-corrected chi connectivity index (χ3v) is 4.61. The molecule has 1 saturated heterocycles. The maximum Gasteiger partial charge on any atom is 0.230 e. The molecule has 30 heavy (non-hydrogen) atoms. The average Bonchev–Trinajstić information content (AvgIpc) is 2.78. The van der Waals surface area contributed by atoms with E-state index >= 15 is 0 Å². The Morgan fingerprint density at radius 3 is 2.53 bits per heavy atom. The highest BCUT2D eigenvalue weighted by molar-refractivity contribution is 5.78. The number of rotatable bonds is 8. The van der Waals surface area contributed by atoms with Crippen molar-refractivity contribution in [2.75, 3.05) is 64.4 Å². The molecule has 0 aliphatic carbocycles. The summed E-state index contributed by atoms with van der Waals surface area (Å²) in [5, 5.41) is 2.88. The lowest BCUT2D eigenvalue weighted by atomic mass is 10.1. The number of nitrogens with one attached hydrogen (secondary N) is 1. The highest BCUT2D eigenvalue weighted by Gasteiger charge is 2.17. The fourth-order valence-corrected chi connectivity index (χ4v) is 3.00. The zero-order valence-corrected chi connectivity index (χ0v) is 17.8. The van der Waals surface area contributed by atoms with Gasteiger partial charge in [0.05, 0.1) is 40.4 Å². The third kappa shape index (κ3) is 5.47. The molecule has 10 heteroatoms. The zero-order chi connectivity index (χ0) is 21.5. The van der Waals surface area contributed by atoms with Crippen LogP contribution in [0.4, 0.5) is 11.9 Å². The van der Waals surface area contributed by atoms with Crippen LogP contribution in [0.3, 0.4) is 0 Å². The van der Waals surface area contributed by atoms with Gasteiger partial charge in [-0.1, -0.05) is 6.07 Å². The molecule has 2 heterocycles. The maximum atomic E-state index is 12.5. The van der Waals surface area contributed by atoms with E-state index in [2.05, 4.69) is 25.2 Å². The number of aromatic nitrogens is 3. The number of carbonyl (C=O) groups excluding carboxylic acids is 1. The average molecular weight is 416 g/mol. The van der Waals surface area contributed by atoms with E-state index in [0.717, 1.165) is 18.7 Å². The van der Waals surface area contributed by atoms with Crippen molar-refractivity contribution in [3.05, 3.63) is 29.6 Å². The van der Waals surface area contributed by atoms with Crippen molar-refractivity contribution >= 4 is 17.8 Å². The van der Waals surface area contributed by atoms with Crippen LogP contribution in [-0.4, -0.2) is 75.5 Å². The van der Waals surface area contributed by atoms with Gasteiger partial charge < -0.3 is 29.3 Å². The molecule has 10 nitrogen and oxygen atoms in total. The SMILES string of the molecule is COc1ccc(CC(=O)NCc2nc(N(C)C)nc(N3CCOCC3)n2)cc1OC. The highest BCUT2D eigenvalue weighted by Crippen LogP contribution is 2.27. The van der Waals surface area contributed by atoms with Crippen LogP contribution in [0.25, 0.3) is 0 Å². The van der Waals surface area contributed by atoms with Gasteiger partial charge in [0.15, 0.2) is 17.3 Å². The van der Waals surface area contributed by atoms with Gasteiger partial charge in [-0.2, -0.15) is 15.0 Å². The van der Waals surface area contributed by atoms with E-state index < -0.39 is 0 Å². The Bertz CT molecular complexity index is 870. The topological polar surface area (TPSA) is 102 Å². The predicted molar refractivity (Wildman–Crippen MR) is 112 cm³/mol. The number of morpholine rings is 1. The van der Waals surface area contributed by atoms with Gasteiger partial charge in [-0.05, 0) is 17.7 Å². The van der Waals surface area contributed by atoms with Gasteiger partial charge in [0.25, 0.3) is 0 Å². The summed E-state index contributed by atoms with van der Waals surface area (Å²) in [5.74, 6) is 2.74. The molecule has 0 saturated carbocycles. The molecule has 1 N–H and O–H groups in total. The Hall–Kier alpha value is -3.14. The second-order valence-electron chi connectivity index (χ2n) is 6.99. The van der Waals surface area contributed by atoms with Gasteiger partial charge in [-0.3, -0.25) is 4.79 Å². The van der Waals surface area contributed by atoms with Crippen LogP contribution in [0.1, 0.15) is 11.4 Å². The molecule has 1 amide bonds. The quantitative estimate of drug-likeness (QED) is 0.664. The Morgan fingerprint density at radius 1 is 1.13 bits per heavy atom. The first-order chi connectivity index (χ1) is 14.5. The summed E-state index contributed by atoms with van der Waals surface area (Å²) in [5.41, 5.74) is 0.823. The van der Waals surface area contributed by atoms with Crippen molar-refractivity contribution in [1.82, 2.24) is 20.3 Å². The Labute approximate surface area is 176 Å². The number of amides is 1. The molecule has 1 aromatic heterocycles. The molecule has 1 aliphatic heterocycles.